The molecule has 8 nitrogen and oxygen atoms in total. The molecule has 1 aliphatic heterocycles. The van der Waals surface area contributed by atoms with E-state index in [-0.39, 0.29) is 5.56 Å². The van der Waals surface area contributed by atoms with Crippen LogP contribution in [0.25, 0.3) is 10.8 Å². The average molecular weight is 366 g/mol. The summed E-state index contributed by atoms with van der Waals surface area (Å²) in [6, 6.07) is 9.42. The van der Waals surface area contributed by atoms with Crippen LogP contribution in [0.2, 0.25) is 0 Å². The molecule has 0 unspecified atom stereocenters. The highest BCUT2D eigenvalue weighted by Crippen LogP contribution is 2.18. The van der Waals surface area contributed by atoms with Crippen LogP contribution in [-0.2, 0) is 17.7 Å². The molecule has 4 rings (SSSR count). The Morgan fingerprint density at radius 1 is 1.19 bits per heavy atom. The van der Waals surface area contributed by atoms with E-state index in [1.165, 1.54) is 0 Å². The Morgan fingerprint density at radius 2 is 1.96 bits per heavy atom. The summed E-state index contributed by atoms with van der Waals surface area (Å²) in [4.78, 5) is 23.4. The lowest BCUT2D eigenvalue weighted by molar-refractivity contribution is 0.122. The fraction of sp³-hybridized carbons (Fsp3) is 0.368. The van der Waals surface area contributed by atoms with Gasteiger partial charge in [-0.2, -0.15) is 10.1 Å². The number of H-pyrrole nitrogens is 1. The van der Waals surface area contributed by atoms with Crippen molar-refractivity contribution >= 4 is 22.5 Å². The molecule has 3 heterocycles. The second-order valence-electron chi connectivity index (χ2n) is 6.40. The largest absolute Gasteiger partial charge is 0.378 e. The van der Waals surface area contributed by atoms with Crippen LogP contribution in [-0.4, -0.2) is 46.5 Å². The fourth-order valence-electron chi connectivity index (χ4n) is 3.14. The molecule has 3 aromatic rings. The SMILES string of the molecule is CCc1cc(NCc2n[nH]c(=O)c3ccccc23)nc(N2CCOCC2)n1. The van der Waals surface area contributed by atoms with Crippen LogP contribution in [0.4, 0.5) is 11.8 Å². The van der Waals surface area contributed by atoms with E-state index in [2.05, 4.69) is 37.3 Å². The van der Waals surface area contributed by atoms with E-state index in [1.54, 1.807) is 6.07 Å². The smallest absolute Gasteiger partial charge is 0.272 e. The van der Waals surface area contributed by atoms with Crippen molar-refractivity contribution in [3.05, 3.63) is 52.1 Å². The van der Waals surface area contributed by atoms with Crippen LogP contribution in [0.15, 0.2) is 35.1 Å². The Bertz CT molecular complexity index is 997. The summed E-state index contributed by atoms with van der Waals surface area (Å²) >= 11 is 0. The Balaban J connectivity index is 1.59. The van der Waals surface area contributed by atoms with Gasteiger partial charge in [0.1, 0.15) is 5.82 Å². The number of aryl methyl sites for hydroxylation is 1. The third-order valence-corrected chi connectivity index (χ3v) is 4.64. The summed E-state index contributed by atoms with van der Waals surface area (Å²) in [6.07, 6.45) is 0.828. The molecule has 2 aromatic heterocycles. The summed E-state index contributed by atoms with van der Waals surface area (Å²) in [5.41, 5.74) is 1.57. The van der Waals surface area contributed by atoms with Crippen LogP contribution >= 0.6 is 0 Å². The first-order valence-corrected chi connectivity index (χ1v) is 9.15. The van der Waals surface area contributed by atoms with Crippen molar-refractivity contribution in [1.82, 2.24) is 20.2 Å². The molecule has 2 N–H and O–H groups in total. The molecule has 0 spiro atoms. The molecule has 0 radical (unpaired) electrons. The van der Waals surface area contributed by atoms with Gasteiger partial charge in [0, 0.05) is 30.2 Å². The molecule has 0 amide bonds. The quantitative estimate of drug-likeness (QED) is 0.710. The number of aromatic nitrogens is 4. The van der Waals surface area contributed by atoms with Crippen LogP contribution in [0.5, 0.6) is 0 Å². The van der Waals surface area contributed by atoms with E-state index in [0.29, 0.717) is 25.1 Å². The number of morpholine rings is 1. The lowest BCUT2D eigenvalue weighted by Gasteiger charge is -2.27. The zero-order valence-corrected chi connectivity index (χ0v) is 15.2. The number of nitrogens with zero attached hydrogens (tertiary/aromatic N) is 4. The predicted molar refractivity (Wildman–Crippen MR) is 104 cm³/mol. The van der Waals surface area contributed by atoms with Crippen LogP contribution in [0.3, 0.4) is 0 Å². The summed E-state index contributed by atoms with van der Waals surface area (Å²) < 4.78 is 5.41. The monoisotopic (exact) mass is 366 g/mol. The van der Waals surface area contributed by atoms with Crippen LogP contribution in [0, 0.1) is 0 Å². The van der Waals surface area contributed by atoms with Crippen molar-refractivity contribution in [1.29, 1.82) is 0 Å². The standard InChI is InChI=1S/C19H22N6O2/c1-2-13-11-17(22-19(21-13)25-7-9-27-10-8-25)20-12-16-14-5-3-4-6-15(14)18(26)24-23-16/h3-6,11H,2,7-10,12H2,1H3,(H,24,26)(H,20,21,22). The van der Waals surface area contributed by atoms with E-state index in [1.807, 2.05) is 24.3 Å². The van der Waals surface area contributed by atoms with Gasteiger partial charge in [-0.25, -0.2) is 10.1 Å². The number of rotatable bonds is 5. The van der Waals surface area contributed by atoms with Crippen LogP contribution in [0.1, 0.15) is 18.3 Å². The van der Waals surface area contributed by atoms with Crippen molar-refractivity contribution in [2.75, 3.05) is 36.5 Å². The number of hydrogen-bond acceptors (Lipinski definition) is 7. The van der Waals surface area contributed by atoms with Gasteiger partial charge in [0.2, 0.25) is 5.95 Å². The number of nitrogens with one attached hydrogen (secondary N) is 2. The lowest BCUT2D eigenvalue weighted by Crippen LogP contribution is -2.37. The highest BCUT2D eigenvalue weighted by molar-refractivity contribution is 5.83. The van der Waals surface area contributed by atoms with Gasteiger partial charge in [0.25, 0.3) is 5.56 Å². The molecule has 140 valence electrons. The van der Waals surface area contributed by atoms with Gasteiger partial charge in [-0.3, -0.25) is 4.79 Å². The Kier molecular flexibility index (Phi) is 4.97. The maximum absolute atomic E-state index is 11.9. The van der Waals surface area contributed by atoms with E-state index >= 15 is 0 Å². The second-order valence-corrected chi connectivity index (χ2v) is 6.40. The Labute approximate surface area is 156 Å². The summed E-state index contributed by atoms with van der Waals surface area (Å²) in [6.45, 7) is 5.50. The fourth-order valence-corrected chi connectivity index (χ4v) is 3.14. The van der Waals surface area contributed by atoms with Crippen molar-refractivity contribution < 1.29 is 4.74 Å². The van der Waals surface area contributed by atoms with Crippen LogP contribution < -0.4 is 15.8 Å². The van der Waals surface area contributed by atoms with Gasteiger partial charge < -0.3 is 15.0 Å². The first kappa shape index (κ1) is 17.4. The normalized spacial score (nSPS) is 14.5. The third kappa shape index (κ3) is 3.75. The number of anilines is 2. The highest BCUT2D eigenvalue weighted by Gasteiger charge is 2.15. The third-order valence-electron chi connectivity index (χ3n) is 4.64. The molecular formula is C19H22N6O2. The predicted octanol–water partition coefficient (Wildman–Crippen LogP) is 1.72. The van der Waals surface area contributed by atoms with E-state index in [0.717, 1.165) is 48.1 Å². The Morgan fingerprint density at radius 3 is 2.74 bits per heavy atom. The topological polar surface area (TPSA) is 96.0 Å². The minimum absolute atomic E-state index is 0.181. The summed E-state index contributed by atoms with van der Waals surface area (Å²) in [5.74, 6) is 1.47. The van der Waals surface area contributed by atoms with Crippen molar-refractivity contribution in [3.8, 4) is 0 Å². The average Bonchev–Trinajstić information content (AvgIpc) is 2.74. The number of ether oxygens (including phenoxy) is 1. The van der Waals surface area contributed by atoms with Gasteiger partial charge in [-0.05, 0) is 12.5 Å². The van der Waals surface area contributed by atoms with Gasteiger partial charge in [0.05, 0.1) is 30.8 Å². The first-order valence-electron chi connectivity index (χ1n) is 9.15. The van der Waals surface area contributed by atoms with E-state index in [9.17, 15) is 4.79 Å². The summed E-state index contributed by atoms with van der Waals surface area (Å²) in [5, 5.41) is 11.6. The molecule has 0 atom stereocenters. The molecule has 1 aromatic carbocycles. The molecule has 0 bridgehead atoms. The summed E-state index contributed by atoms with van der Waals surface area (Å²) in [7, 11) is 0. The Hall–Kier alpha value is -3.00. The molecule has 1 aliphatic rings. The molecular weight excluding hydrogens is 344 g/mol. The molecule has 0 aliphatic carbocycles. The lowest BCUT2D eigenvalue weighted by atomic mass is 10.1. The zero-order chi connectivity index (χ0) is 18.6. The molecule has 0 saturated carbocycles. The minimum atomic E-state index is -0.181. The number of hydrogen-bond donors (Lipinski definition) is 2. The number of aromatic amines is 1. The van der Waals surface area contributed by atoms with Gasteiger partial charge in [-0.15, -0.1) is 0 Å². The van der Waals surface area contributed by atoms with Crippen molar-refractivity contribution in [2.45, 2.75) is 19.9 Å². The number of fused-ring (bicyclic) bond motifs is 1. The second kappa shape index (κ2) is 7.71. The maximum atomic E-state index is 11.9. The minimum Gasteiger partial charge on any atom is -0.378 e. The molecule has 8 heteroatoms. The van der Waals surface area contributed by atoms with E-state index in [4.69, 9.17) is 4.74 Å². The van der Waals surface area contributed by atoms with Gasteiger partial charge in [0.15, 0.2) is 0 Å². The molecule has 27 heavy (non-hydrogen) atoms. The van der Waals surface area contributed by atoms with Gasteiger partial charge in [-0.1, -0.05) is 25.1 Å². The van der Waals surface area contributed by atoms with Crippen molar-refractivity contribution in [2.24, 2.45) is 0 Å². The number of benzene rings is 1. The molecule has 1 fully saturated rings. The molecule has 1 saturated heterocycles. The zero-order valence-electron chi connectivity index (χ0n) is 15.2. The van der Waals surface area contributed by atoms with E-state index < -0.39 is 0 Å². The van der Waals surface area contributed by atoms with Gasteiger partial charge >= 0.3 is 0 Å². The first-order chi connectivity index (χ1) is 13.2. The maximum Gasteiger partial charge on any atom is 0.272 e. The van der Waals surface area contributed by atoms with Crippen molar-refractivity contribution in [3.63, 3.8) is 0 Å². The highest BCUT2D eigenvalue weighted by atomic mass is 16.5.